The molecule has 20 heavy (non-hydrogen) atoms. The van der Waals surface area contributed by atoms with Crippen molar-refractivity contribution in [2.75, 3.05) is 0 Å². The van der Waals surface area contributed by atoms with Gasteiger partial charge < -0.3 is 10.4 Å². The molecule has 0 aliphatic rings. The number of carbonyl (C=O) groups is 2. The zero-order valence-corrected chi connectivity index (χ0v) is 14.8. The molecule has 1 amide bonds. The third-order valence-electron chi connectivity index (χ3n) is 2.63. The second kappa shape index (κ2) is 6.49. The van der Waals surface area contributed by atoms with Crippen LogP contribution in [0.2, 0.25) is 10.0 Å². The second-order valence-electron chi connectivity index (χ2n) is 5.36. The van der Waals surface area contributed by atoms with E-state index in [1.54, 1.807) is 20.8 Å². The molecule has 1 aromatic carbocycles. The van der Waals surface area contributed by atoms with Crippen molar-refractivity contribution < 1.29 is 14.7 Å². The first-order valence-electron chi connectivity index (χ1n) is 5.72. The number of halogens is 3. The first kappa shape index (κ1) is 17.5. The minimum Gasteiger partial charge on any atom is -0.480 e. The molecule has 0 heterocycles. The summed E-state index contributed by atoms with van der Waals surface area (Å²) < 4.78 is 0.532. The number of rotatable bonds is 3. The highest BCUT2D eigenvalue weighted by Gasteiger charge is 2.33. The lowest BCUT2D eigenvalue weighted by molar-refractivity contribution is -0.142. The zero-order chi connectivity index (χ0) is 15.7. The average Bonchev–Trinajstić information content (AvgIpc) is 2.28. The molecular formula is C13H14Cl2INO3. The summed E-state index contributed by atoms with van der Waals surface area (Å²) in [5, 5.41) is 12.4. The highest BCUT2D eigenvalue weighted by molar-refractivity contribution is 14.1. The number of hydrogen-bond donors (Lipinski definition) is 2. The van der Waals surface area contributed by atoms with Gasteiger partial charge in [-0.25, -0.2) is 4.79 Å². The maximum atomic E-state index is 12.2. The predicted molar refractivity (Wildman–Crippen MR) is 87.5 cm³/mol. The van der Waals surface area contributed by atoms with Crippen molar-refractivity contribution >= 4 is 57.7 Å². The van der Waals surface area contributed by atoms with E-state index in [1.807, 2.05) is 22.6 Å². The van der Waals surface area contributed by atoms with Gasteiger partial charge in [-0.2, -0.15) is 0 Å². The Bertz CT molecular complexity index is 555. The normalized spacial score (nSPS) is 12.9. The van der Waals surface area contributed by atoms with Crippen LogP contribution in [-0.2, 0) is 4.79 Å². The molecular weight excluding hydrogens is 416 g/mol. The molecule has 0 spiro atoms. The van der Waals surface area contributed by atoms with Crippen molar-refractivity contribution in [2.45, 2.75) is 26.8 Å². The molecule has 0 aliphatic carbocycles. The van der Waals surface area contributed by atoms with Crippen LogP contribution >= 0.6 is 45.8 Å². The van der Waals surface area contributed by atoms with Crippen molar-refractivity contribution in [1.82, 2.24) is 5.32 Å². The van der Waals surface area contributed by atoms with Crippen LogP contribution < -0.4 is 5.32 Å². The van der Waals surface area contributed by atoms with E-state index in [1.165, 1.54) is 12.1 Å². The zero-order valence-electron chi connectivity index (χ0n) is 11.1. The molecule has 1 rings (SSSR count). The van der Waals surface area contributed by atoms with Gasteiger partial charge in [0.05, 0.1) is 10.6 Å². The lowest BCUT2D eigenvalue weighted by atomic mass is 9.86. The van der Waals surface area contributed by atoms with E-state index in [4.69, 9.17) is 23.2 Å². The molecule has 0 saturated heterocycles. The number of nitrogens with one attached hydrogen (secondary N) is 1. The summed E-state index contributed by atoms with van der Waals surface area (Å²) in [6, 6.07) is 1.98. The Morgan fingerprint density at radius 3 is 2.30 bits per heavy atom. The maximum absolute atomic E-state index is 12.2. The van der Waals surface area contributed by atoms with E-state index in [0.29, 0.717) is 13.6 Å². The molecule has 0 bridgehead atoms. The van der Waals surface area contributed by atoms with Gasteiger partial charge in [0.2, 0.25) is 0 Å². The highest BCUT2D eigenvalue weighted by atomic mass is 127. The molecule has 1 atom stereocenters. The third-order valence-corrected chi connectivity index (χ3v) is 4.62. The van der Waals surface area contributed by atoms with E-state index in [9.17, 15) is 14.7 Å². The predicted octanol–water partition coefficient (Wildman–Crippen LogP) is 3.83. The summed E-state index contributed by atoms with van der Waals surface area (Å²) in [6.07, 6.45) is 0. The van der Waals surface area contributed by atoms with Crippen LogP contribution in [0, 0.1) is 8.99 Å². The van der Waals surface area contributed by atoms with Gasteiger partial charge in [-0.3, -0.25) is 4.79 Å². The Hall–Kier alpha value is -0.530. The molecule has 0 fully saturated rings. The number of hydrogen-bond acceptors (Lipinski definition) is 2. The molecule has 0 saturated carbocycles. The van der Waals surface area contributed by atoms with Crippen LogP contribution in [-0.4, -0.2) is 23.0 Å². The largest absolute Gasteiger partial charge is 0.480 e. The van der Waals surface area contributed by atoms with Crippen molar-refractivity contribution in [3.63, 3.8) is 0 Å². The number of benzene rings is 1. The summed E-state index contributed by atoms with van der Waals surface area (Å²) in [7, 11) is 0. The van der Waals surface area contributed by atoms with E-state index < -0.39 is 23.3 Å². The smallest absolute Gasteiger partial charge is 0.326 e. The van der Waals surface area contributed by atoms with Gasteiger partial charge in [-0.15, -0.1) is 0 Å². The second-order valence-corrected chi connectivity index (χ2v) is 7.28. The Morgan fingerprint density at radius 1 is 1.30 bits per heavy atom. The summed E-state index contributed by atoms with van der Waals surface area (Å²) >= 11 is 13.8. The number of carboxylic acid groups (broad SMARTS) is 1. The molecule has 4 nitrogen and oxygen atoms in total. The Kier molecular flexibility index (Phi) is 5.69. The van der Waals surface area contributed by atoms with Crippen LogP contribution in [0.15, 0.2) is 12.1 Å². The fourth-order valence-electron chi connectivity index (χ4n) is 1.58. The number of carbonyl (C=O) groups excluding carboxylic acids is 1. The standard InChI is InChI=1S/C13H14Cl2INO3/c1-13(2,3)10(12(19)20)17-11(18)7-4-6(14)5-8(15)9(7)16/h4-5,10H,1-3H3,(H,17,18)(H,19,20). The minimum absolute atomic E-state index is 0.263. The Morgan fingerprint density at radius 2 is 1.85 bits per heavy atom. The van der Waals surface area contributed by atoms with Crippen LogP contribution in [0.5, 0.6) is 0 Å². The molecule has 7 heteroatoms. The summed E-state index contributed by atoms with van der Waals surface area (Å²) in [5.74, 6) is -1.60. The SMILES string of the molecule is CC(C)(C)C(NC(=O)c1cc(Cl)cc(Cl)c1I)C(=O)O. The number of amides is 1. The van der Waals surface area contributed by atoms with Gasteiger partial charge in [-0.1, -0.05) is 44.0 Å². The van der Waals surface area contributed by atoms with Gasteiger partial charge in [0.25, 0.3) is 5.91 Å². The molecule has 0 radical (unpaired) electrons. The topological polar surface area (TPSA) is 66.4 Å². The lowest BCUT2D eigenvalue weighted by Gasteiger charge is -2.28. The first-order chi connectivity index (χ1) is 9.04. The quantitative estimate of drug-likeness (QED) is 0.566. The average molecular weight is 430 g/mol. The van der Waals surface area contributed by atoms with E-state index in [2.05, 4.69) is 5.32 Å². The van der Waals surface area contributed by atoms with E-state index >= 15 is 0 Å². The van der Waals surface area contributed by atoms with Crippen molar-refractivity contribution in [2.24, 2.45) is 5.41 Å². The Balaban J connectivity index is 3.11. The van der Waals surface area contributed by atoms with Crippen molar-refractivity contribution in [3.8, 4) is 0 Å². The van der Waals surface area contributed by atoms with Crippen molar-refractivity contribution in [1.29, 1.82) is 0 Å². The van der Waals surface area contributed by atoms with Crippen LogP contribution in [0.4, 0.5) is 0 Å². The summed E-state index contributed by atoms with van der Waals surface area (Å²) in [4.78, 5) is 23.5. The van der Waals surface area contributed by atoms with Crippen LogP contribution in [0.25, 0.3) is 0 Å². The fourth-order valence-corrected chi connectivity index (χ4v) is 2.63. The van der Waals surface area contributed by atoms with Gasteiger partial charge in [-0.05, 0) is 40.1 Å². The van der Waals surface area contributed by atoms with Gasteiger partial charge >= 0.3 is 5.97 Å². The molecule has 110 valence electrons. The lowest BCUT2D eigenvalue weighted by Crippen LogP contribution is -2.49. The maximum Gasteiger partial charge on any atom is 0.326 e. The Labute approximate surface area is 141 Å². The summed E-state index contributed by atoms with van der Waals surface area (Å²) in [5.41, 5.74) is -0.353. The van der Waals surface area contributed by atoms with Gasteiger partial charge in [0, 0.05) is 8.59 Å². The number of aliphatic carboxylic acids is 1. The van der Waals surface area contributed by atoms with Crippen molar-refractivity contribution in [3.05, 3.63) is 31.3 Å². The molecule has 1 unspecified atom stereocenters. The minimum atomic E-state index is -1.09. The number of carboxylic acids is 1. The molecule has 0 aromatic heterocycles. The first-order valence-corrected chi connectivity index (χ1v) is 7.55. The van der Waals surface area contributed by atoms with Gasteiger partial charge in [0.15, 0.2) is 0 Å². The van der Waals surface area contributed by atoms with E-state index in [0.717, 1.165) is 0 Å². The van der Waals surface area contributed by atoms with Crippen LogP contribution in [0.1, 0.15) is 31.1 Å². The highest BCUT2D eigenvalue weighted by Crippen LogP contribution is 2.27. The van der Waals surface area contributed by atoms with Gasteiger partial charge in [0.1, 0.15) is 6.04 Å². The third kappa shape index (κ3) is 4.23. The monoisotopic (exact) mass is 429 g/mol. The molecule has 1 aromatic rings. The molecule has 2 N–H and O–H groups in total. The summed E-state index contributed by atoms with van der Waals surface area (Å²) in [6.45, 7) is 5.21. The fraction of sp³-hybridized carbons (Fsp3) is 0.385. The molecule has 0 aliphatic heterocycles. The van der Waals surface area contributed by atoms with E-state index in [-0.39, 0.29) is 5.56 Å². The van der Waals surface area contributed by atoms with Crippen LogP contribution in [0.3, 0.4) is 0 Å².